The number of ether oxygens (including phenoxy) is 2. The Morgan fingerprint density at radius 2 is 1.33 bits per heavy atom. The average Bonchev–Trinajstić information content (AvgIpc) is 3.08. The second-order valence-corrected chi connectivity index (χ2v) is 14.1. The molecule has 0 spiro atoms. The summed E-state index contributed by atoms with van der Waals surface area (Å²) in [7, 11) is -4.28. The van der Waals surface area contributed by atoms with Gasteiger partial charge in [-0.1, -0.05) is 140 Å². The Labute approximate surface area is 299 Å². The van der Waals surface area contributed by atoms with E-state index in [1.807, 2.05) is 24.3 Å². The Bertz CT molecular complexity index is 907. The minimum absolute atomic E-state index is 0.0887. The van der Waals surface area contributed by atoms with Gasteiger partial charge in [-0.15, -0.1) is 0 Å². The van der Waals surface area contributed by atoms with Gasteiger partial charge < -0.3 is 25.2 Å². The normalized spacial score (nSPS) is 14.7. The predicted molar refractivity (Wildman–Crippen MR) is 202 cm³/mol. The third-order valence-electron chi connectivity index (χ3n) is 7.93. The van der Waals surface area contributed by atoms with Crippen LogP contribution in [-0.2, 0) is 27.9 Å². The Kier molecular flexibility index (Phi) is 34.8. The van der Waals surface area contributed by atoms with Gasteiger partial charge in [0.1, 0.15) is 6.61 Å². The van der Waals surface area contributed by atoms with E-state index < -0.39 is 20.0 Å². The zero-order valence-corrected chi connectivity index (χ0v) is 31.9. The standard InChI is InChI=1S/C39H72NO8P/c1-3-5-7-8-9-10-11-12-13-14-18-21-24-28-33-45-38(36-48-49(43,44)47-34-32-40)35-46-39(42)31-27-23-20-17-15-16-19-22-26-30-37(41)29-25-6-4-2/h6,19,22,25-26,28,30,33,37-38,41H,3-5,7-18,20-21,23-24,27,29,31-32,34-36,40H2,1-2H3,(H,43,44)/b22-19+,25-6+,30-26+,33-28+/t37?,38-/m1/s1. The maximum absolute atomic E-state index is 12.3. The van der Waals surface area contributed by atoms with E-state index in [9.17, 15) is 19.4 Å². The lowest BCUT2D eigenvalue weighted by atomic mass is 10.0. The monoisotopic (exact) mass is 713 g/mol. The topological polar surface area (TPSA) is 138 Å². The fourth-order valence-corrected chi connectivity index (χ4v) is 5.78. The van der Waals surface area contributed by atoms with Crippen LogP contribution in [0.5, 0.6) is 0 Å². The Balaban J connectivity index is 4.21. The van der Waals surface area contributed by atoms with Gasteiger partial charge in [-0.05, 0) is 51.0 Å². The zero-order valence-electron chi connectivity index (χ0n) is 31.0. The number of rotatable bonds is 36. The number of aliphatic hydroxyl groups excluding tert-OH is 1. The number of phosphoric ester groups is 1. The van der Waals surface area contributed by atoms with Gasteiger partial charge in [-0.3, -0.25) is 13.8 Å². The minimum atomic E-state index is -4.28. The minimum Gasteiger partial charge on any atom is -0.492 e. The Morgan fingerprint density at radius 3 is 1.94 bits per heavy atom. The first-order chi connectivity index (χ1) is 23.8. The highest BCUT2D eigenvalue weighted by Gasteiger charge is 2.24. The molecule has 0 aliphatic rings. The molecule has 0 saturated carbocycles. The predicted octanol–water partition coefficient (Wildman–Crippen LogP) is 10.2. The molecular weight excluding hydrogens is 641 g/mol. The summed E-state index contributed by atoms with van der Waals surface area (Å²) >= 11 is 0. The van der Waals surface area contributed by atoms with Crippen LogP contribution >= 0.6 is 7.82 Å². The number of esters is 1. The molecule has 49 heavy (non-hydrogen) atoms. The van der Waals surface area contributed by atoms with E-state index in [1.54, 1.807) is 12.3 Å². The number of hydrogen-bond acceptors (Lipinski definition) is 8. The molecule has 0 rings (SSSR count). The van der Waals surface area contributed by atoms with Crippen LogP contribution in [0.2, 0.25) is 0 Å². The molecule has 0 saturated heterocycles. The molecule has 3 atom stereocenters. The largest absolute Gasteiger partial charge is 0.492 e. The fraction of sp³-hybridized carbons (Fsp3) is 0.769. The number of aliphatic hydroxyl groups is 1. The molecule has 0 aromatic rings. The van der Waals surface area contributed by atoms with E-state index in [2.05, 4.69) is 26.0 Å². The van der Waals surface area contributed by atoms with Crippen molar-refractivity contribution in [2.75, 3.05) is 26.4 Å². The molecule has 2 unspecified atom stereocenters. The van der Waals surface area contributed by atoms with Crippen LogP contribution in [0.4, 0.5) is 0 Å². The van der Waals surface area contributed by atoms with Crippen LogP contribution in [0.3, 0.4) is 0 Å². The highest BCUT2D eigenvalue weighted by atomic mass is 31.2. The van der Waals surface area contributed by atoms with Gasteiger partial charge >= 0.3 is 13.8 Å². The molecule has 0 amide bonds. The second-order valence-electron chi connectivity index (χ2n) is 12.7. The number of allylic oxidation sites excluding steroid dienone is 5. The first-order valence-corrected chi connectivity index (χ1v) is 20.8. The summed E-state index contributed by atoms with van der Waals surface area (Å²) in [6, 6.07) is 0. The van der Waals surface area contributed by atoms with E-state index in [0.29, 0.717) is 12.8 Å². The van der Waals surface area contributed by atoms with Crippen molar-refractivity contribution in [3.8, 4) is 0 Å². The third kappa shape index (κ3) is 35.9. The molecule has 9 nitrogen and oxygen atoms in total. The maximum atomic E-state index is 12.3. The van der Waals surface area contributed by atoms with Crippen molar-refractivity contribution < 1.29 is 37.9 Å². The molecule has 4 N–H and O–H groups in total. The first-order valence-electron chi connectivity index (χ1n) is 19.3. The van der Waals surface area contributed by atoms with Crippen molar-refractivity contribution in [3.63, 3.8) is 0 Å². The number of nitrogens with two attached hydrogens (primary N) is 1. The van der Waals surface area contributed by atoms with Gasteiger partial charge in [-0.25, -0.2) is 4.57 Å². The van der Waals surface area contributed by atoms with Crippen molar-refractivity contribution in [1.29, 1.82) is 0 Å². The number of carbonyl (C=O) groups is 1. The lowest BCUT2D eigenvalue weighted by molar-refractivity contribution is -0.147. The highest BCUT2D eigenvalue weighted by Crippen LogP contribution is 2.43. The van der Waals surface area contributed by atoms with E-state index in [0.717, 1.165) is 57.8 Å². The summed E-state index contributed by atoms with van der Waals surface area (Å²) in [5, 5.41) is 9.85. The van der Waals surface area contributed by atoms with Crippen LogP contribution in [0.15, 0.2) is 48.8 Å². The number of unbranched alkanes of at least 4 members (excludes halogenated alkanes) is 17. The van der Waals surface area contributed by atoms with E-state index in [-0.39, 0.29) is 32.3 Å². The summed E-state index contributed by atoms with van der Waals surface area (Å²) in [5.41, 5.74) is 5.34. The third-order valence-corrected chi connectivity index (χ3v) is 8.91. The van der Waals surface area contributed by atoms with Crippen LogP contribution in [-0.4, -0.2) is 54.5 Å². The van der Waals surface area contributed by atoms with Crippen LogP contribution in [0.1, 0.15) is 155 Å². The van der Waals surface area contributed by atoms with Crippen molar-refractivity contribution in [3.05, 3.63) is 48.8 Å². The van der Waals surface area contributed by atoms with Crippen molar-refractivity contribution in [2.24, 2.45) is 5.73 Å². The zero-order chi connectivity index (χ0) is 36.1. The second kappa shape index (κ2) is 36.1. The Hall–Kier alpha value is -1.74. The summed E-state index contributed by atoms with van der Waals surface area (Å²) in [5.74, 6) is -0.331. The molecule has 286 valence electrons. The van der Waals surface area contributed by atoms with E-state index >= 15 is 0 Å². The molecule has 10 heteroatoms. The van der Waals surface area contributed by atoms with E-state index in [1.165, 1.54) is 70.6 Å². The van der Waals surface area contributed by atoms with Crippen molar-refractivity contribution in [2.45, 2.75) is 167 Å². The fourth-order valence-electron chi connectivity index (χ4n) is 5.02. The van der Waals surface area contributed by atoms with Gasteiger partial charge in [0.15, 0.2) is 6.10 Å². The van der Waals surface area contributed by atoms with Gasteiger partial charge in [0.25, 0.3) is 0 Å². The molecule has 0 aliphatic heterocycles. The summed E-state index contributed by atoms with van der Waals surface area (Å²) in [4.78, 5) is 22.2. The van der Waals surface area contributed by atoms with Crippen LogP contribution in [0.25, 0.3) is 0 Å². The smallest absolute Gasteiger partial charge is 0.472 e. The number of carbonyl (C=O) groups excluding carboxylic acids is 1. The molecule has 0 radical (unpaired) electrons. The molecule has 0 aliphatic carbocycles. The van der Waals surface area contributed by atoms with Crippen LogP contribution in [0, 0.1) is 0 Å². The lowest BCUT2D eigenvalue weighted by Gasteiger charge is -2.19. The number of hydrogen-bond donors (Lipinski definition) is 3. The van der Waals surface area contributed by atoms with Gasteiger partial charge in [-0.2, -0.15) is 0 Å². The van der Waals surface area contributed by atoms with Gasteiger partial charge in [0.2, 0.25) is 0 Å². The summed E-state index contributed by atoms with van der Waals surface area (Å²) in [6.07, 6.45) is 38.4. The number of phosphoric acid groups is 1. The first kappa shape index (κ1) is 47.3. The SMILES string of the molecule is CC/C=C/CC(O)/C=C/C=C/CCCCCCCC(=O)OC[C@H](COP(=O)(O)OCCN)O/C=C/CCCCCCCCCCCCCC. The molecule has 0 bridgehead atoms. The highest BCUT2D eigenvalue weighted by molar-refractivity contribution is 7.47. The molecular formula is C39H72NO8P. The quantitative estimate of drug-likeness (QED) is 0.0145. The van der Waals surface area contributed by atoms with Crippen molar-refractivity contribution >= 4 is 13.8 Å². The van der Waals surface area contributed by atoms with Gasteiger partial charge in [0, 0.05) is 13.0 Å². The molecule has 0 heterocycles. The molecule has 0 aromatic heterocycles. The van der Waals surface area contributed by atoms with Gasteiger partial charge in [0.05, 0.1) is 25.6 Å². The molecule has 0 aromatic carbocycles. The lowest BCUT2D eigenvalue weighted by Crippen LogP contribution is -2.25. The molecule has 0 fully saturated rings. The Morgan fingerprint density at radius 1 is 0.735 bits per heavy atom. The average molecular weight is 714 g/mol. The van der Waals surface area contributed by atoms with Crippen LogP contribution < -0.4 is 5.73 Å². The van der Waals surface area contributed by atoms with Crippen molar-refractivity contribution in [1.82, 2.24) is 0 Å². The summed E-state index contributed by atoms with van der Waals surface area (Å²) < 4.78 is 33.0. The summed E-state index contributed by atoms with van der Waals surface area (Å²) in [6.45, 7) is 3.95. The maximum Gasteiger partial charge on any atom is 0.472 e. The van der Waals surface area contributed by atoms with E-state index in [4.69, 9.17) is 24.3 Å².